The summed E-state index contributed by atoms with van der Waals surface area (Å²) in [5, 5.41) is 0. The van der Waals surface area contributed by atoms with E-state index in [0.717, 1.165) is 5.56 Å². The van der Waals surface area contributed by atoms with Crippen LogP contribution < -0.4 is 11.5 Å². The van der Waals surface area contributed by atoms with Crippen molar-refractivity contribution < 1.29 is 4.79 Å². The molecule has 80 valence electrons. The second-order valence-corrected chi connectivity index (χ2v) is 3.22. The van der Waals surface area contributed by atoms with Crippen molar-refractivity contribution in [2.24, 2.45) is 5.73 Å². The number of primary amides is 1. The number of carbonyl (C=O) groups is 1. The first-order chi connectivity index (χ1) is 7.68. The number of nitrogens with zero attached hydrogens (tertiary/aromatic N) is 2. The van der Waals surface area contributed by atoms with E-state index in [1.807, 2.05) is 30.3 Å². The van der Waals surface area contributed by atoms with Crippen LogP contribution in [0.1, 0.15) is 10.4 Å². The molecule has 0 saturated heterocycles. The first-order valence-corrected chi connectivity index (χ1v) is 4.66. The Kier molecular flexibility index (Phi) is 2.51. The Morgan fingerprint density at radius 1 is 1.19 bits per heavy atom. The van der Waals surface area contributed by atoms with Gasteiger partial charge < -0.3 is 11.5 Å². The first-order valence-electron chi connectivity index (χ1n) is 4.66. The summed E-state index contributed by atoms with van der Waals surface area (Å²) in [7, 11) is 0. The number of hydrogen-bond donors (Lipinski definition) is 2. The van der Waals surface area contributed by atoms with E-state index in [0.29, 0.717) is 5.69 Å². The van der Waals surface area contributed by atoms with Crippen molar-refractivity contribution in [2.75, 3.05) is 5.73 Å². The molecule has 0 atom stereocenters. The number of hydrogen-bond acceptors (Lipinski definition) is 4. The lowest BCUT2D eigenvalue weighted by atomic mass is 10.1. The van der Waals surface area contributed by atoms with Crippen molar-refractivity contribution in [3.8, 4) is 11.3 Å². The molecule has 4 N–H and O–H groups in total. The summed E-state index contributed by atoms with van der Waals surface area (Å²) in [6.45, 7) is 0. The molecular formula is C11H10N4O. The minimum atomic E-state index is -0.571. The van der Waals surface area contributed by atoms with Crippen molar-refractivity contribution in [3.63, 3.8) is 0 Å². The van der Waals surface area contributed by atoms with Gasteiger partial charge >= 0.3 is 0 Å². The summed E-state index contributed by atoms with van der Waals surface area (Å²) < 4.78 is 0. The second kappa shape index (κ2) is 3.98. The smallest absolute Gasteiger partial charge is 0.252 e. The molecule has 2 aromatic rings. The number of carbonyl (C=O) groups excluding carboxylic acids is 1. The van der Waals surface area contributed by atoms with Crippen molar-refractivity contribution in [1.82, 2.24) is 9.97 Å². The summed E-state index contributed by atoms with van der Waals surface area (Å²) in [6.07, 6.45) is 1.34. The summed E-state index contributed by atoms with van der Waals surface area (Å²) in [5.41, 5.74) is 12.2. The van der Waals surface area contributed by atoms with Crippen molar-refractivity contribution in [3.05, 3.63) is 42.1 Å². The van der Waals surface area contributed by atoms with Crippen LogP contribution in [-0.4, -0.2) is 15.9 Å². The molecule has 0 aliphatic carbocycles. The average Bonchev–Trinajstić information content (AvgIpc) is 2.29. The minimum Gasteiger partial charge on any atom is -0.368 e. The van der Waals surface area contributed by atoms with Crippen LogP contribution in [0.3, 0.4) is 0 Å². The lowest BCUT2D eigenvalue weighted by Crippen LogP contribution is -2.14. The van der Waals surface area contributed by atoms with E-state index < -0.39 is 5.91 Å². The molecule has 5 nitrogen and oxygen atoms in total. The second-order valence-electron chi connectivity index (χ2n) is 3.22. The van der Waals surface area contributed by atoms with E-state index in [4.69, 9.17) is 11.5 Å². The topological polar surface area (TPSA) is 94.9 Å². The summed E-state index contributed by atoms with van der Waals surface area (Å²) in [6, 6.07) is 9.22. The lowest BCUT2D eigenvalue weighted by Gasteiger charge is -2.05. The number of amides is 1. The zero-order valence-electron chi connectivity index (χ0n) is 8.42. The highest BCUT2D eigenvalue weighted by Crippen LogP contribution is 2.20. The van der Waals surface area contributed by atoms with Crippen LogP contribution in [0.15, 0.2) is 36.5 Å². The van der Waals surface area contributed by atoms with Crippen molar-refractivity contribution >= 4 is 11.9 Å². The Bertz CT molecular complexity index is 525. The minimum absolute atomic E-state index is 0.115. The van der Waals surface area contributed by atoms with Gasteiger partial charge in [0, 0.05) is 11.8 Å². The van der Waals surface area contributed by atoms with Gasteiger partial charge in [0.1, 0.15) is 0 Å². The van der Waals surface area contributed by atoms with E-state index in [2.05, 4.69) is 9.97 Å². The third-order valence-corrected chi connectivity index (χ3v) is 2.12. The van der Waals surface area contributed by atoms with E-state index in [9.17, 15) is 4.79 Å². The number of aromatic nitrogens is 2. The highest BCUT2D eigenvalue weighted by Gasteiger charge is 2.12. The Balaban J connectivity index is 2.63. The molecule has 1 aromatic heterocycles. The van der Waals surface area contributed by atoms with Gasteiger partial charge in [-0.25, -0.2) is 9.97 Å². The largest absolute Gasteiger partial charge is 0.368 e. The Labute approximate surface area is 92.1 Å². The molecule has 16 heavy (non-hydrogen) atoms. The quantitative estimate of drug-likeness (QED) is 0.773. The van der Waals surface area contributed by atoms with Crippen LogP contribution in [-0.2, 0) is 0 Å². The fourth-order valence-electron chi connectivity index (χ4n) is 1.39. The molecule has 1 amide bonds. The lowest BCUT2D eigenvalue weighted by molar-refractivity contribution is 0.100. The molecule has 0 aliphatic heterocycles. The summed E-state index contributed by atoms with van der Waals surface area (Å²) in [5.74, 6) is -0.456. The van der Waals surface area contributed by atoms with Crippen LogP contribution in [0.4, 0.5) is 5.95 Å². The SMILES string of the molecule is NC(=O)c1cnc(N)nc1-c1ccccc1. The molecule has 0 aliphatic rings. The van der Waals surface area contributed by atoms with E-state index in [1.54, 1.807) is 0 Å². The zero-order chi connectivity index (χ0) is 11.5. The van der Waals surface area contributed by atoms with Gasteiger partial charge in [-0.1, -0.05) is 30.3 Å². The zero-order valence-corrected chi connectivity index (χ0v) is 8.42. The van der Waals surface area contributed by atoms with Crippen LogP contribution in [0, 0.1) is 0 Å². The van der Waals surface area contributed by atoms with Crippen LogP contribution in [0.5, 0.6) is 0 Å². The fourth-order valence-corrected chi connectivity index (χ4v) is 1.39. The summed E-state index contributed by atoms with van der Waals surface area (Å²) >= 11 is 0. The maximum atomic E-state index is 11.2. The molecular weight excluding hydrogens is 204 g/mol. The number of benzene rings is 1. The number of nitrogen functional groups attached to an aromatic ring is 1. The van der Waals surface area contributed by atoms with Crippen molar-refractivity contribution in [1.29, 1.82) is 0 Å². The van der Waals surface area contributed by atoms with E-state index in [1.165, 1.54) is 6.20 Å². The fraction of sp³-hybridized carbons (Fsp3) is 0. The maximum Gasteiger partial charge on any atom is 0.252 e. The Morgan fingerprint density at radius 2 is 1.88 bits per heavy atom. The third kappa shape index (κ3) is 1.83. The summed E-state index contributed by atoms with van der Waals surface area (Å²) in [4.78, 5) is 19.0. The van der Waals surface area contributed by atoms with Crippen LogP contribution in [0.2, 0.25) is 0 Å². The molecule has 0 radical (unpaired) electrons. The normalized spacial score (nSPS) is 10.0. The standard InChI is InChI=1S/C11H10N4O/c12-10(16)8-6-14-11(13)15-9(8)7-4-2-1-3-5-7/h1-6H,(H2,12,16)(H2,13,14,15). The highest BCUT2D eigenvalue weighted by atomic mass is 16.1. The van der Waals surface area contributed by atoms with Gasteiger partial charge in [-0.15, -0.1) is 0 Å². The highest BCUT2D eigenvalue weighted by molar-refractivity contribution is 5.98. The number of rotatable bonds is 2. The van der Waals surface area contributed by atoms with E-state index in [-0.39, 0.29) is 11.5 Å². The predicted molar refractivity (Wildman–Crippen MR) is 60.4 cm³/mol. The van der Waals surface area contributed by atoms with Gasteiger partial charge in [-0.05, 0) is 0 Å². The first kappa shape index (κ1) is 10.1. The molecule has 0 saturated carbocycles. The van der Waals surface area contributed by atoms with Gasteiger partial charge in [0.2, 0.25) is 5.95 Å². The molecule has 2 rings (SSSR count). The van der Waals surface area contributed by atoms with Gasteiger partial charge in [0.05, 0.1) is 11.3 Å². The van der Waals surface area contributed by atoms with Crippen LogP contribution in [0.25, 0.3) is 11.3 Å². The maximum absolute atomic E-state index is 11.2. The number of nitrogens with two attached hydrogens (primary N) is 2. The molecule has 0 spiro atoms. The van der Waals surface area contributed by atoms with E-state index >= 15 is 0 Å². The molecule has 0 unspecified atom stereocenters. The molecule has 5 heteroatoms. The average molecular weight is 214 g/mol. The van der Waals surface area contributed by atoms with Gasteiger partial charge in [0.25, 0.3) is 5.91 Å². The molecule has 1 heterocycles. The molecule has 1 aromatic carbocycles. The monoisotopic (exact) mass is 214 g/mol. The van der Waals surface area contributed by atoms with Crippen molar-refractivity contribution in [2.45, 2.75) is 0 Å². The number of anilines is 1. The Hall–Kier alpha value is -2.43. The Morgan fingerprint density at radius 3 is 2.50 bits per heavy atom. The third-order valence-electron chi connectivity index (χ3n) is 2.12. The predicted octanol–water partition coefficient (Wildman–Crippen LogP) is 0.825. The molecule has 0 bridgehead atoms. The van der Waals surface area contributed by atoms with Gasteiger partial charge in [-0.3, -0.25) is 4.79 Å². The molecule has 0 fully saturated rings. The van der Waals surface area contributed by atoms with Gasteiger partial charge in [0.15, 0.2) is 0 Å². The van der Waals surface area contributed by atoms with Gasteiger partial charge in [-0.2, -0.15) is 0 Å². The van der Waals surface area contributed by atoms with Crippen LogP contribution >= 0.6 is 0 Å².